The van der Waals surface area contributed by atoms with E-state index in [2.05, 4.69) is 15.3 Å². The van der Waals surface area contributed by atoms with E-state index in [9.17, 15) is 4.79 Å². The number of hydrogen-bond donors (Lipinski definition) is 2. The van der Waals surface area contributed by atoms with E-state index in [1.807, 2.05) is 11.8 Å². The maximum atomic E-state index is 12.0. The molecule has 0 unspecified atom stereocenters. The molecule has 1 aliphatic heterocycles. The number of likely N-dealkylation sites (tertiary alicyclic amines) is 1. The lowest BCUT2D eigenvalue weighted by molar-refractivity contribution is -0.131. The Kier molecular flexibility index (Phi) is 5.15. The van der Waals surface area contributed by atoms with Crippen LogP contribution in [0, 0.1) is 0 Å². The van der Waals surface area contributed by atoms with Gasteiger partial charge in [-0.1, -0.05) is 6.92 Å². The Hall–Kier alpha value is -1.85. The first-order chi connectivity index (χ1) is 9.69. The lowest BCUT2D eigenvalue weighted by Crippen LogP contribution is -2.36. The maximum absolute atomic E-state index is 12.0. The second-order valence-corrected chi connectivity index (χ2v) is 5.07. The normalized spacial score (nSPS) is 15.2. The summed E-state index contributed by atoms with van der Waals surface area (Å²) >= 11 is 0. The first kappa shape index (κ1) is 14.6. The molecule has 6 heteroatoms. The molecule has 1 saturated heterocycles. The van der Waals surface area contributed by atoms with Crippen molar-refractivity contribution in [1.29, 1.82) is 0 Å². The number of hydrogen-bond acceptors (Lipinski definition) is 5. The third kappa shape index (κ3) is 4.08. The number of nitrogens with two attached hydrogens (primary N) is 1. The molecule has 1 amide bonds. The monoisotopic (exact) mass is 277 g/mol. The highest BCUT2D eigenvalue weighted by Gasteiger charge is 2.15. The van der Waals surface area contributed by atoms with E-state index in [0.29, 0.717) is 24.6 Å². The van der Waals surface area contributed by atoms with Crippen LogP contribution in [0.4, 0.5) is 11.6 Å². The third-order valence-electron chi connectivity index (χ3n) is 3.46. The van der Waals surface area contributed by atoms with Crippen molar-refractivity contribution >= 4 is 17.5 Å². The molecule has 0 saturated carbocycles. The molecule has 1 aromatic heterocycles. The molecule has 0 aliphatic carbocycles. The van der Waals surface area contributed by atoms with Gasteiger partial charge in [-0.05, 0) is 19.3 Å². The average Bonchev–Trinajstić information content (AvgIpc) is 2.47. The third-order valence-corrected chi connectivity index (χ3v) is 3.46. The van der Waals surface area contributed by atoms with E-state index < -0.39 is 0 Å². The quantitative estimate of drug-likeness (QED) is 0.850. The predicted octanol–water partition coefficient (Wildman–Crippen LogP) is 1.44. The fraction of sp³-hybridized carbons (Fsp3) is 0.643. The number of amides is 1. The zero-order valence-corrected chi connectivity index (χ0v) is 12.1. The number of carbonyl (C=O) groups excluding carboxylic acids is 1. The SMILES string of the molecule is CCc1nc(N)cc(NCCC(=O)N2CCCCC2)n1. The van der Waals surface area contributed by atoms with Crippen molar-refractivity contribution in [1.82, 2.24) is 14.9 Å². The highest BCUT2D eigenvalue weighted by atomic mass is 16.2. The lowest BCUT2D eigenvalue weighted by atomic mass is 10.1. The molecule has 1 aromatic rings. The fourth-order valence-corrected chi connectivity index (χ4v) is 2.37. The minimum atomic E-state index is 0.218. The Morgan fingerprint density at radius 1 is 1.35 bits per heavy atom. The van der Waals surface area contributed by atoms with Crippen molar-refractivity contribution in [2.75, 3.05) is 30.7 Å². The van der Waals surface area contributed by atoms with E-state index in [0.717, 1.165) is 38.2 Å². The molecule has 1 fully saturated rings. The number of anilines is 2. The van der Waals surface area contributed by atoms with Gasteiger partial charge in [-0.25, -0.2) is 9.97 Å². The van der Waals surface area contributed by atoms with Gasteiger partial charge in [0.15, 0.2) is 0 Å². The number of piperidine rings is 1. The number of nitrogen functional groups attached to an aromatic ring is 1. The summed E-state index contributed by atoms with van der Waals surface area (Å²) < 4.78 is 0. The second kappa shape index (κ2) is 7.07. The number of nitrogens with one attached hydrogen (secondary N) is 1. The Bertz CT molecular complexity index is 457. The van der Waals surface area contributed by atoms with E-state index in [1.54, 1.807) is 6.07 Å². The zero-order chi connectivity index (χ0) is 14.4. The van der Waals surface area contributed by atoms with Crippen LogP contribution in [0.25, 0.3) is 0 Å². The summed E-state index contributed by atoms with van der Waals surface area (Å²) in [6, 6.07) is 1.70. The predicted molar refractivity (Wildman–Crippen MR) is 79.4 cm³/mol. The van der Waals surface area contributed by atoms with Gasteiger partial charge in [0.05, 0.1) is 0 Å². The second-order valence-electron chi connectivity index (χ2n) is 5.07. The van der Waals surface area contributed by atoms with Crippen LogP contribution in [0.5, 0.6) is 0 Å². The Balaban J connectivity index is 1.80. The van der Waals surface area contributed by atoms with Crippen molar-refractivity contribution in [2.24, 2.45) is 0 Å². The molecule has 0 aromatic carbocycles. The van der Waals surface area contributed by atoms with Crippen LogP contribution in [0.3, 0.4) is 0 Å². The highest BCUT2D eigenvalue weighted by Crippen LogP contribution is 2.11. The molecule has 2 rings (SSSR count). The minimum Gasteiger partial charge on any atom is -0.384 e. The van der Waals surface area contributed by atoms with Crippen molar-refractivity contribution < 1.29 is 4.79 Å². The van der Waals surface area contributed by atoms with Crippen molar-refractivity contribution in [3.63, 3.8) is 0 Å². The van der Waals surface area contributed by atoms with Gasteiger partial charge in [0.2, 0.25) is 5.91 Å². The summed E-state index contributed by atoms with van der Waals surface area (Å²) in [5.74, 6) is 2.09. The molecule has 1 aliphatic rings. The summed E-state index contributed by atoms with van der Waals surface area (Å²) in [7, 11) is 0. The van der Waals surface area contributed by atoms with Crippen LogP contribution in [0.1, 0.15) is 38.4 Å². The highest BCUT2D eigenvalue weighted by molar-refractivity contribution is 5.76. The lowest BCUT2D eigenvalue weighted by Gasteiger charge is -2.26. The minimum absolute atomic E-state index is 0.218. The molecule has 0 bridgehead atoms. The summed E-state index contributed by atoms with van der Waals surface area (Å²) in [5.41, 5.74) is 5.72. The van der Waals surface area contributed by atoms with Gasteiger partial charge in [0, 0.05) is 38.5 Å². The molecule has 2 heterocycles. The van der Waals surface area contributed by atoms with Gasteiger partial charge in [0.1, 0.15) is 17.5 Å². The van der Waals surface area contributed by atoms with Gasteiger partial charge in [-0.15, -0.1) is 0 Å². The van der Waals surface area contributed by atoms with Gasteiger partial charge in [-0.2, -0.15) is 0 Å². The van der Waals surface area contributed by atoms with Crippen LogP contribution < -0.4 is 11.1 Å². The summed E-state index contributed by atoms with van der Waals surface area (Å²) in [5, 5.41) is 3.15. The molecule has 6 nitrogen and oxygen atoms in total. The van der Waals surface area contributed by atoms with E-state index in [4.69, 9.17) is 5.73 Å². The molecular formula is C14H23N5O. The van der Waals surface area contributed by atoms with E-state index in [-0.39, 0.29) is 5.91 Å². The molecular weight excluding hydrogens is 254 g/mol. The Morgan fingerprint density at radius 2 is 2.10 bits per heavy atom. The van der Waals surface area contributed by atoms with E-state index >= 15 is 0 Å². The van der Waals surface area contributed by atoms with E-state index in [1.165, 1.54) is 6.42 Å². The smallest absolute Gasteiger partial charge is 0.224 e. The number of carbonyl (C=O) groups is 1. The van der Waals surface area contributed by atoms with Gasteiger partial charge >= 0.3 is 0 Å². The van der Waals surface area contributed by atoms with Gasteiger partial charge in [0.25, 0.3) is 0 Å². The molecule has 20 heavy (non-hydrogen) atoms. The van der Waals surface area contributed by atoms with Crippen LogP contribution in [0.2, 0.25) is 0 Å². The largest absolute Gasteiger partial charge is 0.384 e. The molecule has 0 radical (unpaired) electrons. The van der Waals surface area contributed by atoms with Crippen LogP contribution >= 0.6 is 0 Å². The summed E-state index contributed by atoms with van der Waals surface area (Å²) in [6.45, 7) is 4.37. The van der Waals surface area contributed by atoms with Crippen molar-refractivity contribution in [3.8, 4) is 0 Å². The number of nitrogens with zero attached hydrogens (tertiary/aromatic N) is 3. The molecule has 0 atom stereocenters. The van der Waals surface area contributed by atoms with Crippen LogP contribution in [0.15, 0.2) is 6.07 Å². The molecule has 3 N–H and O–H groups in total. The number of aromatic nitrogens is 2. The Labute approximate surface area is 119 Å². The average molecular weight is 277 g/mol. The Morgan fingerprint density at radius 3 is 2.80 bits per heavy atom. The first-order valence-electron chi connectivity index (χ1n) is 7.34. The summed E-state index contributed by atoms with van der Waals surface area (Å²) in [4.78, 5) is 22.4. The zero-order valence-electron chi connectivity index (χ0n) is 12.1. The van der Waals surface area contributed by atoms with Crippen LogP contribution in [-0.2, 0) is 11.2 Å². The first-order valence-corrected chi connectivity index (χ1v) is 7.34. The van der Waals surface area contributed by atoms with Crippen molar-refractivity contribution in [2.45, 2.75) is 39.0 Å². The summed E-state index contributed by atoms with van der Waals surface area (Å²) in [6.07, 6.45) is 4.72. The molecule has 110 valence electrons. The van der Waals surface area contributed by atoms with Crippen molar-refractivity contribution in [3.05, 3.63) is 11.9 Å². The standard InChI is InChI=1S/C14H23N5O/c1-2-12-17-11(15)10-13(18-12)16-7-6-14(20)19-8-4-3-5-9-19/h10H,2-9H2,1H3,(H3,15,16,17,18). The fourth-order valence-electron chi connectivity index (χ4n) is 2.37. The van der Waals surface area contributed by atoms with Crippen LogP contribution in [-0.4, -0.2) is 40.4 Å². The number of aryl methyl sites for hydroxylation is 1. The maximum Gasteiger partial charge on any atom is 0.224 e. The topological polar surface area (TPSA) is 84.1 Å². The molecule has 0 spiro atoms. The van der Waals surface area contributed by atoms with Gasteiger partial charge in [-0.3, -0.25) is 4.79 Å². The van der Waals surface area contributed by atoms with Gasteiger partial charge < -0.3 is 16.0 Å². The number of rotatable bonds is 5.